The molecule has 0 aliphatic heterocycles. The molecule has 0 saturated heterocycles. The summed E-state index contributed by atoms with van der Waals surface area (Å²) >= 11 is 0. The van der Waals surface area contributed by atoms with Gasteiger partial charge in [-0.1, -0.05) is 13.8 Å². The highest BCUT2D eigenvalue weighted by Crippen LogP contribution is 1.87. The van der Waals surface area contributed by atoms with Crippen molar-refractivity contribution in [3.63, 3.8) is 0 Å². The van der Waals surface area contributed by atoms with E-state index in [1.54, 1.807) is 0 Å². The lowest BCUT2D eigenvalue weighted by molar-refractivity contribution is -0.135. The van der Waals surface area contributed by atoms with Crippen molar-refractivity contribution in [1.82, 2.24) is 5.32 Å². The molecule has 0 bridgehead atoms. The first kappa shape index (κ1) is 11.7. The molecule has 0 atom stereocenters. The number of nitrogens with one attached hydrogen (secondary N) is 1. The van der Waals surface area contributed by atoms with Gasteiger partial charge in [-0.05, 0) is 5.92 Å². The Morgan fingerprint density at radius 3 is 2.46 bits per heavy atom. The van der Waals surface area contributed by atoms with Crippen molar-refractivity contribution >= 4 is 11.9 Å². The summed E-state index contributed by atoms with van der Waals surface area (Å²) in [5, 5.41) is 2.63. The molecule has 0 aliphatic rings. The van der Waals surface area contributed by atoms with E-state index in [4.69, 9.17) is 0 Å². The first-order valence-corrected chi connectivity index (χ1v) is 4.10. The second-order valence-electron chi connectivity index (χ2n) is 3.00. The highest BCUT2D eigenvalue weighted by molar-refractivity contribution is 5.94. The second kappa shape index (κ2) is 6.22. The number of ether oxygens (including phenoxy) is 1. The molecule has 0 spiro atoms. The van der Waals surface area contributed by atoms with Gasteiger partial charge in [-0.3, -0.25) is 4.79 Å². The molecule has 74 valence electrons. The highest BCUT2D eigenvalue weighted by Gasteiger charge is 1.98. The molecule has 0 aromatic rings. The summed E-state index contributed by atoms with van der Waals surface area (Å²) in [6.07, 6.45) is 2.25. The van der Waals surface area contributed by atoms with Crippen LogP contribution in [0.5, 0.6) is 0 Å². The van der Waals surface area contributed by atoms with E-state index in [9.17, 15) is 9.59 Å². The van der Waals surface area contributed by atoms with Crippen LogP contribution in [0.2, 0.25) is 0 Å². The predicted octanol–water partition coefficient (Wildman–Crippen LogP) is 0.488. The largest absolute Gasteiger partial charge is 0.466 e. The average molecular weight is 185 g/mol. The number of esters is 1. The van der Waals surface area contributed by atoms with Crippen molar-refractivity contribution in [3.05, 3.63) is 12.2 Å². The molecule has 4 nitrogen and oxygen atoms in total. The van der Waals surface area contributed by atoms with E-state index in [-0.39, 0.29) is 5.91 Å². The van der Waals surface area contributed by atoms with Crippen LogP contribution in [0.1, 0.15) is 13.8 Å². The van der Waals surface area contributed by atoms with Crippen LogP contribution >= 0.6 is 0 Å². The zero-order chi connectivity index (χ0) is 10.3. The van der Waals surface area contributed by atoms with Gasteiger partial charge < -0.3 is 10.1 Å². The molecule has 0 unspecified atom stereocenters. The summed E-state index contributed by atoms with van der Waals surface area (Å²) in [5.41, 5.74) is 0. The third kappa shape index (κ3) is 7.05. The van der Waals surface area contributed by atoms with Gasteiger partial charge in [0.15, 0.2) is 0 Å². The fraction of sp³-hybridized carbons (Fsp3) is 0.556. The fourth-order valence-corrected chi connectivity index (χ4v) is 0.575. The molecule has 0 aliphatic carbocycles. The Morgan fingerprint density at radius 1 is 1.38 bits per heavy atom. The van der Waals surface area contributed by atoms with Gasteiger partial charge in [0.1, 0.15) is 0 Å². The molecule has 0 fully saturated rings. The molecule has 13 heavy (non-hydrogen) atoms. The molecule has 0 heterocycles. The van der Waals surface area contributed by atoms with Gasteiger partial charge in [-0.2, -0.15) is 0 Å². The van der Waals surface area contributed by atoms with Crippen LogP contribution in [0.3, 0.4) is 0 Å². The van der Waals surface area contributed by atoms with Crippen molar-refractivity contribution < 1.29 is 14.3 Å². The fourth-order valence-electron chi connectivity index (χ4n) is 0.575. The van der Waals surface area contributed by atoms with E-state index in [1.807, 2.05) is 13.8 Å². The molecule has 0 aromatic heterocycles. The monoisotopic (exact) mass is 185 g/mol. The molecular formula is C9H15NO3. The quantitative estimate of drug-likeness (QED) is 0.512. The van der Waals surface area contributed by atoms with Crippen molar-refractivity contribution in [2.24, 2.45) is 5.92 Å². The van der Waals surface area contributed by atoms with Crippen LogP contribution in [0.4, 0.5) is 0 Å². The van der Waals surface area contributed by atoms with Crippen LogP contribution < -0.4 is 5.32 Å². The maximum atomic E-state index is 11.0. The second-order valence-corrected chi connectivity index (χ2v) is 3.00. The molecular weight excluding hydrogens is 170 g/mol. The first-order chi connectivity index (χ1) is 6.06. The number of hydrogen-bond acceptors (Lipinski definition) is 3. The maximum Gasteiger partial charge on any atom is 0.330 e. The van der Waals surface area contributed by atoms with Crippen molar-refractivity contribution in [2.45, 2.75) is 13.8 Å². The Morgan fingerprint density at radius 2 is 2.00 bits per heavy atom. The minimum absolute atomic E-state index is 0.279. The van der Waals surface area contributed by atoms with Gasteiger partial charge in [0.25, 0.3) is 0 Å². The zero-order valence-corrected chi connectivity index (χ0v) is 8.16. The lowest BCUT2D eigenvalue weighted by atomic mass is 10.2. The molecule has 0 saturated carbocycles. The lowest BCUT2D eigenvalue weighted by Crippen LogP contribution is -2.25. The normalized spacial score (nSPS) is 10.5. The predicted molar refractivity (Wildman–Crippen MR) is 49.0 cm³/mol. The van der Waals surface area contributed by atoms with Gasteiger partial charge >= 0.3 is 5.97 Å². The van der Waals surface area contributed by atoms with E-state index < -0.39 is 5.97 Å². The summed E-state index contributed by atoms with van der Waals surface area (Å²) in [6.45, 7) is 4.58. The average Bonchev–Trinajstić information content (AvgIpc) is 2.10. The summed E-state index contributed by atoms with van der Waals surface area (Å²) < 4.78 is 4.32. The maximum absolute atomic E-state index is 11.0. The third-order valence-corrected chi connectivity index (χ3v) is 1.26. The van der Waals surface area contributed by atoms with Crippen LogP contribution in [0.15, 0.2) is 12.2 Å². The summed E-state index contributed by atoms with van der Waals surface area (Å²) in [7, 11) is 1.26. The Balaban J connectivity index is 3.74. The van der Waals surface area contributed by atoms with Gasteiger partial charge in [0, 0.05) is 18.7 Å². The van der Waals surface area contributed by atoms with Crippen molar-refractivity contribution in [1.29, 1.82) is 0 Å². The van der Waals surface area contributed by atoms with E-state index in [2.05, 4.69) is 10.1 Å². The molecule has 0 rings (SSSR count). The van der Waals surface area contributed by atoms with Crippen LogP contribution in [0, 0.1) is 5.92 Å². The Hall–Kier alpha value is -1.32. The lowest BCUT2D eigenvalue weighted by Gasteiger charge is -2.03. The number of methoxy groups -OCH3 is 1. The minimum atomic E-state index is -0.528. The smallest absolute Gasteiger partial charge is 0.330 e. The molecule has 1 N–H and O–H groups in total. The number of amides is 1. The number of carbonyl (C=O) groups excluding carboxylic acids is 2. The van der Waals surface area contributed by atoms with E-state index >= 15 is 0 Å². The standard InChI is InChI=1S/C9H15NO3/c1-7(2)6-10-8(11)4-5-9(12)13-3/h4-5,7H,6H2,1-3H3,(H,10,11)/b5-4+. The molecule has 0 aromatic carbocycles. The van der Waals surface area contributed by atoms with Crippen LogP contribution in [-0.2, 0) is 14.3 Å². The van der Waals surface area contributed by atoms with Gasteiger partial charge in [0.05, 0.1) is 7.11 Å². The van der Waals surface area contributed by atoms with Crippen molar-refractivity contribution in [2.75, 3.05) is 13.7 Å². The Labute approximate surface area is 78.0 Å². The third-order valence-electron chi connectivity index (χ3n) is 1.26. The van der Waals surface area contributed by atoms with Crippen LogP contribution in [0.25, 0.3) is 0 Å². The van der Waals surface area contributed by atoms with Gasteiger partial charge in [0.2, 0.25) is 5.91 Å². The summed E-state index contributed by atoms with van der Waals surface area (Å²) in [5.74, 6) is -0.408. The molecule has 4 heteroatoms. The zero-order valence-electron chi connectivity index (χ0n) is 8.16. The number of hydrogen-bond donors (Lipinski definition) is 1. The first-order valence-electron chi connectivity index (χ1n) is 4.10. The van der Waals surface area contributed by atoms with Gasteiger partial charge in [-0.15, -0.1) is 0 Å². The Kier molecular flexibility index (Phi) is 5.59. The Bertz CT molecular complexity index is 209. The SMILES string of the molecule is COC(=O)/C=C/C(=O)NCC(C)C. The number of carbonyl (C=O) groups is 2. The summed E-state index contributed by atoms with van der Waals surface area (Å²) in [6, 6.07) is 0. The molecule has 1 amide bonds. The van der Waals surface area contributed by atoms with Gasteiger partial charge in [-0.25, -0.2) is 4.79 Å². The van der Waals surface area contributed by atoms with E-state index in [1.165, 1.54) is 7.11 Å². The van der Waals surface area contributed by atoms with E-state index in [0.29, 0.717) is 12.5 Å². The number of rotatable bonds is 4. The highest BCUT2D eigenvalue weighted by atomic mass is 16.5. The minimum Gasteiger partial charge on any atom is -0.466 e. The van der Waals surface area contributed by atoms with Crippen LogP contribution in [-0.4, -0.2) is 25.5 Å². The summed E-state index contributed by atoms with van der Waals surface area (Å²) in [4.78, 5) is 21.5. The topological polar surface area (TPSA) is 55.4 Å². The van der Waals surface area contributed by atoms with E-state index in [0.717, 1.165) is 12.2 Å². The molecule has 0 radical (unpaired) electrons. The van der Waals surface area contributed by atoms with Crippen molar-refractivity contribution in [3.8, 4) is 0 Å².